The van der Waals surface area contributed by atoms with Crippen molar-refractivity contribution in [3.63, 3.8) is 0 Å². The standard InChI is InChI=1S/C21H22N4O4/c1-21(2,3)24-18(26)16-15-7-5-6-12-25(15)17(23-16)19(27)22-14-10-8-13(9-11-14)20(28)29-4/h5-12H,1-4H3,(H,22,27)(H,24,26). The van der Waals surface area contributed by atoms with E-state index < -0.39 is 17.4 Å². The number of nitrogens with zero attached hydrogens (tertiary/aromatic N) is 2. The third-order valence-corrected chi connectivity index (χ3v) is 4.02. The number of imidazole rings is 1. The molecule has 3 aromatic rings. The second kappa shape index (κ2) is 7.75. The number of pyridine rings is 1. The van der Waals surface area contributed by atoms with Crippen LogP contribution in [0.5, 0.6) is 0 Å². The Balaban J connectivity index is 1.90. The first kappa shape index (κ1) is 20.1. The fourth-order valence-electron chi connectivity index (χ4n) is 2.76. The maximum absolute atomic E-state index is 12.8. The van der Waals surface area contributed by atoms with Crippen LogP contribution in [-0.4, -0.2) is 39.8 Å². The molecule has 0 saturated heterocycles. The van der Waals surface area contributed by atoms with Crippen LogP contribution in [0.2, 0.25) is 0 Å². The fourth-order valence-corrected chi connectivity index (χ4v) is 2.76. The average Bonchev–Trinajstić information content (AvgIpc) is 3.07. The quantitative estimate of drug-likeness (QED) is 0.663. The lowest BCUT2D eigenvalue weighted by Gasteiger charge is -2.19. The Morgan fingerprint density at radius 3 is 2.31 bits per heavy atom. The van der Waals surface area contributed by atoms with Crippen LogP contribution in [0.4, 0.5) is 5.69 Å². The van der Waals surface area contributed by atoms with Crippen molar-refractivity contribution in [1.29, 1.82) is 0 Å². The van der Waals surface area contributed by atoms with Crippen molar-refractivity contribution in [3.8, 4) is 0 Å². The maximum Gasteiger partial charge on any atom is 0.337 e. The SMILES string of the molecule is COC(=O)c1ccc(NC(=O)c2nc(C(=O)NC(C)(C)C)c3ccccn23)cc1. The predicted molar refractivity (Wildman–Crippen MR) is 108 cm³/mol. The number of methoxy groups -OCH3 is 1. The molecule has 0 spiro atoms. The molecule has 0 aliphatic carbocycles. The second-order valence-electron chi connectivity index (χ2n) is 7.47. The van der Waals surface area contributed by atoms with Crippen molar-refractivity contribution in [2.24, 2.45) is 0 Å². The summed E-state index contributed by atoms with van der Waals surface area (Å²) in [5.74, 6) is -1.22. The highest BCUT2D eigenvalue weighted by atomic mass is 16.5. The molecule has 0 bridgehead atoms. The predicted octanol–water partition coefficient (Wildman–Crippen LogP) is 2.90. The van der Waals surface area contributed by atoms with E-state index in [1.54, 1.807) is 53.1 Å². The van der Waals surface area contributed by atoms with Gasteiger partial charge in [-0.25, -0.2) is 9.78 Å². The number of aromatic nitrogens is 2. The number of nitrogens with one attached hydrogen (secondary N) is 2. The Morgan fingerprint density at radius 1 is 1.00 bits per heavy atom. The average molecular weight is 394 g/mol. The fraction of sp³-hybridized carbons (Fsp3) is 0.238. The molecular formula is C21H22N4O4. The Bertz CT molecular complexity index is 1080. The number of benzene rings is 1. The van der Waals surface area contributed by atoms with Crippen molar-refractivity contribution < 1.29 is 19.1 Å². The number of carbonyl (C=O) groups excluding carboxylic acids is 3. The number of ether oxygens (including phenoxy) is 1. The minimum Gasteiger partial charge on any atom is -0.465 e. The third-order valence-electron chi connectivity index (χ3n) is 4.02. The topological polar surface area (TPSA) is 102 Å². The summed E-state index contributed by atoms with van der Waals surface area (Å²) in [5, 5.41) is 5.59. The molecule has 8 heteroatoms. The van der Waals surface area contributed by atoms with E-state index in [1.165, 1.54) is 7.11 Å². The zero-order valence-corrected chi connectivity index (χ0v) is 16.6. The Labute approximate surface area is 167 Å². The number of esters is 1. The molecule has 0 unspecified atom stereocenters. The number of amides is 2. The number of carbonyl (C=O) groups is 3. The van der Waals surface area contributed by atoms with Gasteiger partial charge < -0.3 is 15.4 Å². The summed E-state index contributed by atoms with van der Waals surface area (Å²) in [6, 6.07) is 11.5. The summed E-state index contributed by atoms with van der Waals surface area (Å²) in [4.78, 5) is 41.3. The molecule has 0 aliphatic heterocycles. The molecule has 0 atom stereocenters. The van der Waals surface area contributed by atoms with Gasteiger partial charge in [0.2, 0.25) is 5.82 Å². The van der Waals surface area contributed by atoms with Gasteiger partial charge in [0.15, 0.2) is 5.69 Å². The minimum atomic E-state index is -0.480. The normalized spacial score (nSPS) is 11.2. The number of hydrogen-bond acceptors (Lipinski definition) is 5. The van der Waals surface area contributed by atoms with Gasteiger partial charge in [0.1, 0.15) is 0 Å². The zero-order chi connectivity index (χ0) is 21.2. The lowest BCUT2D eigenvalue weighted by Crippen LogP contribution is -2.40. The highest BCUT2D eigenvalue weighted by molar-refractivity contribution is 6.06. The van der Waals surface area contributed by atoms with Crippen LogP contribution in [0.25, 0.3) is 5.52 Å². The van der Waals surface area contributed by atoms with Crippen molar-refractivity contribution in [3.05, 3.63) is 65.7 Å². The Morgan fingerprint density at radius 2 is 1.69 bits per heavy atom. The van der Waals surface area contributed by atoms with Gasteiger partial charge >= 0.3 is 5.97 Å². The smallest absolute Gasteiger partial charge is 0.337 e. The first-order chi connectivity index (χ1) is 13.7. The number of rotatable bonds is 4. The summed E-state index contributed by atoms with van der Waals surface area (Å²) >= 11 is 0. The zero-order valence-electron chi connectivity index (χ0n) is 16.6. The van der Waals surface area contributed by atoms with Gasteiger partial charge in [-0.1, -0.05) is 6.07 Å². The van der Waals surface area contributed by atoms with Gasteiger partial charge in [0, 0.05) is 17.4 Å². The molecule has 150 valence electrons. The molecule has 2 heterocycles. The molecule has 0 aliphatic rings. The van der Waals surface area contributed by atoms with Crippen molar-refractivity contribution >= 4 is 29.0 Å². The minimum absolute atomic E-state index is 0.0803. The number of anilines is 1. The molecule has 1 aromatic carbocycles. The van der Waals surface area contributed by atoms with Gasteiger partial charge in [0.25, 0.3) is 11.8 Å². The van der Waals surface area contributed by atoms with E-state index in [4.69, 9.17) is 0 Å². The van der Waals surface area contributed by atoms with E-state index in [0.29, 0.717) is 16.8 Å². The van der Waals surface area contributed by atoms with Crippen LogP contribution in [0.3, 0.4) is 0 Å². The van der Waals surface area contributed by atoms with Gasteiger partial charge in [-0.2, -0.15) is 0 Å². The summed E-state index contributed by atoms with van der Waals surface area (Å²) in [6.07, 6.45) is 1.67. The summed E-state index contributed by atoms with van der Waals surface area (Å²) in [7, 11) is 1.30. The van der Waals surface area contributed by atoms with E-state index in [-0.39, 0.29) is 17.4 Å². The van der Waals surface area contributed by atoms with Gasteiger partial charge in [-0.15, -0.1) is 0 Å². The summed E-state index contributed by atoms with van der Waals surface area (Å²) < 4.78 is 6.22. The van der Waals surface area contributed by atoms with Crippen LogP contribution in [0, 0.1) is 0 Å². The molecular weight excluding hydrogens is 372 g/mol. The van der Waals surface area contributed by atoms with Crippen LogP contribution in [-0.2, 0) is 4.74 Å². The number of hydrogen-bond donors (Lipinski definition) is 2. The van der Waals surface area contributed by atoms with Crippen LogP contribution in [0.1, 0.15) is 52.2 Å². The van der Waals surface area contributed by atoms with E-state index in [0.717, 1.165) is 0 Å². The summed E-state index contributed by atoms with van der Waals surface area (Å²) in [5.41, 5.74) is 1.12. The molecule has 3 rings (SSSR count). The molecule has 2 N–H and O–H groups in total. The Kier molecular flexibility index (Phi) is 5.36. The molecule has 0 fully saturated rings. The first-order valence-electron chi connectivity index (χ1n) is 8.99. The van der Waals surface area contributed by atoms with E-state index in [9.17, 15) is 14.4 Å². The molecule has 29 heavy (non-hydrogen) atoms. The van der Waals surface area contributed by atoms with E-state index in [1.807, 2.05) is 20.8 Å². The maximum atomic E-state index is 12.8. The van der Waals surface area contributed by atoms with Gasteiger partial charge in [0.05, 0.1) is 18.2 Å². The highest BCUT2D eigenvalue weighted by Gasteiger charge is 2.24. The Hall–Kier alpha value is -3.68. The molecule has 2 aromatic heterocycles. The molecule has 0 saturated carbocycles. The van der Waals surface area contributed by atoms with E-state index >= 15 is 0 Å². The first-order valence-corrected chi connectivity index (χ1v) is 8.99. The lowest BCUT2D eigenvalue weighted by molar-refractivity contribution is 0.0600. The van der Waals surface area contributed by atoms with Crippen LogP contribution < -0.4 is 10.6 Å². The van der Waals surface area contributed by atoms with Gasteiger partial charge in [-0.05, 0) is 57.2 Å². The van der Waals surface area contributed by atoms with Crippen molar-refractivity contribution in [2.45, 2.75) is 26.3 Å². The van der Waals surface area contributed by atoms with E-state index in [2.05, 4.69) is 20.4 Å². The summed E-state index contributed by atoms with van der Waals surface area (Å²) in [6.45, 7) is 5.61. The van der Waals surface area contributed by atoms with Crippen molar-refractivity contribution in [2.75, 3.05) is 12.4 Å². The highest BCUT2D eigenvalue weighted by Crippen LogP contribution is 2.17. The number of fused-ring (bicyclic) bond motifs is 1. The lowest BCUT2D eigenvalue weighted by atomic mass is 10.1. The largest absolute Gasteiger partial charge is 0.465 e. The molecule has 8 nitrogen and oxygen atoms in total. The van der Waals surface area contributed by atoms with Crippen LogP contribution in [0.15, 0.2) is 48.7 Å². The van der Waals surface area contributed by atoms with Crippen LogP contribution >= 0.6 is 0 Å². The third kappa shape index (κ3) is 4.43. The molecule has 2 amide bonds. The monoisotopic (exact) mass is 394 g/mol. The molecule has 0 radical (unpaired) electrons. The van der Waals surface area contributed by atoms with Gasteiger partial charge in [-0.3, -0.25) is 14.0 Å². The van der Waals surface area contributed by atoms with Crippen molar-refractivity contribution in [1.82, 2.24) is 14.7 Å². The second-order valence-corrected chi connectivity index (χ2v) is 7.47.